The molecule has 2 unspecified atom stereocenters. The van der Waals surface area contributed by atoms with Gasteiger partial charge in [0.1, 0.15) is 6.04 Å². The van der Waals surface area contributed by atoms with Gasteiger partial charge in [0.2, 0.25) is 5.91 Å². The molecule has 3 N–H and O–H groups in total. The fourth-order valence-electron chi connectivity index (χ4n) is 1.54. The number of nitrogens with zero attached hydrogens (tertiary/aromatic N) is 1. The van der Waals surface area contributed by atoms with Crippen molar-refractivity contribution in [3.8, 4) is 0 Å². The summed E-state index contributed by atoms with van der Waals surface area (Å²) in [5.41, 5.74) is 5.57. The highest BCUT2D eigenvalue weighted by Crippen LogP contribution is 2.07. The van der Waals surface area contributed by atoms with E-state index in [-0.39, 0.29) is 11.9 Å². The second-order valence-corrected chi connectivity index (χ2v) is 4.14. The van der Waals surface area contributed by atoms with Crippen LogP contribution in [-0.2, 0) is 9.59 Å². The van der Waals surface area contributed by atoms with Crippen molar-refractivity contribution < 1.29 is 14.7 Å². The first-order valence-corrected chi connectivity index (χ1v) is 5.64. The summed E-state index contributed by atoms with van der Waals surface area (Å²) in [6, 6.07) is -0.637. The lowest BCUT2D eigenvalue weighted by atomic mass is 10.1. The van der Waals surface area contributed by atoms with Crippen molar-refractivity contribution in [1.82, 2.24) is 4.90 Å². The van der Waals surface area contributed by atoms with Gasteiger partial charge >= 0.3 is 5.97 Å². The van der Waals surface area contributed by atoms with Gasteiger partial charge in [-0.1, -0.05) is 6.92 Å². The number of aliphatic carboxylic acids is 1. The van der Waals surface area contributed by atoms with E-state index in [1.165, 1.54) is 11.9 Å². The second-order valence-electron chi connectivity index (χ2n) is 4.14. The molecule has 0 aliphatic heterocycles. The zero-order chi connectivity index (χ0) is 12.7. The third-order valence-corrected chi connectivity index (χ3v) is 2.58. The molecule has 5 nitrogen and oxygen atoms in total. The van der Waals surface area contributed by atoms with Crippen molar-refractivity contribution in [2.24, 2.45) is 5.73 Å². The largest absolute Gasteiger partial charge is 0.480 e. The third-order valence-electron chi connectivity index (χ3n) is 2.58. The Balaban J connectivity index is 4.11. The summed E-state index contributed by atoms with van der Waals surface area (Å²) in [7, 11) is 1.54. The highest BCUT2D eigenvalue weighted by Gasteiger charge is 2.23. The van der Waals surface area contributed by atoms with Gasteiger partial charge in [-0.2, -0.15) is 0 Å². The first kappa shape index (κ1) is 14.9. The van der Waals surface area contributed by atoms with Gasteiger partial charge < -0.3 is 15.7 Å². The topological polar surface area (TPSA) is 83.6 Å². The molecule has 0 rings (SSSR count). The molecule has 16 heavy (non-hydrogen) atoms. The van der Waals surface area contributed by atoms with Crippen LogP contribution in [0.25, 0.3) is 0 Å². The zero-order valence-corrected chi connectivity index (χ0v) is 10.3. The van der Waals surface area contributed by atoms with Crippen LogP contribution >= 0.6 is 0 Å². The summed E-state index contributed by atoms with van der Waals surface area (Å²) in [4.78, 5) is 23.8. The van der Waals surface area contributed by atoms with Crippen molar-refractivity contribution in [1.29, 1.82) is 0 Å². The van der Waals surface area contributed by atoms with Crippen molar-refractivity contribution >= 4 is 11.9 Å². The Hall–Kier alpha value is -1.10. The van der Waals surface area contributed by atoms with Crippen LogP contribution in [0.5, 0.6) is 0 Å². The molecule has 0 saturated heterocycles. The first-order chi connectivity index (χ1) is 7.40. The van der Waals surface area contributed by atoms with Crippen LogP contribution in [-0.4, -0.2) is 41.0 Å². The number of hydrogen-bond donors (Lipinski definition) is 2. The number of carboxylic acids is 1. The lowest BCUT2D eigenvalue weighted by Crippen LogP contribution is -2.41. The molecule has 0 saturated carbocycles. The number of carbonyl (C=O) groups is 2. The minimum Gasteiger partial charge on any atom is -0.480 e. The molecular weight excluding hydrogens is 208 g/mol. The molecule has 5 heteroatoms. The SMILES string of the molecule is CCC(C(=O)O)N(C)C(=O)CCCC(C)N. The minimum atomic E-state index is -0.953. The molecule has 0 aromatic rings. The molecule has 0 spiro atoms. The average Bonchev–Trinajstić information content (AvgIpc) is 2.17. The molecule has 0 heterocycles. The van der Waals surface area contributed by atoms with Crippen molar-refractivity contribution in [3.63, 3.8) is 0 Å². The smallest absolute Gasteiger partial charge is 0.326 e. The Morgan fingerprint density at radius 2 is 2.00 bits per heavy atom. The van der Waals surface area contributed by atoms with Gasteiger partial charge in [-0.05, 0) is 26.2 Å². The van der Waals surface area contributed by atoms with E-state index in [1.54, 1.807) is 6.92 Å². The van der Waals surface area contributed by atoms with Crippen LogP contribution in [0.3, 0.4) is 0 Å². The fraction of sp³-hybridized carbons (Fsp3) is 0.818. The second kappa shape index (κ2) is 7.22. The van der Waals surface area contributed by atoms with Gasteiger partial charge in [0.15, 0.2) is 0 Å². The van der Waals surface area contributed by atoms with Gasteiger partial charge in [-0.25, -0.2) is 4.79 Å². The molecule has 2 atom stereocenters. The lowest BCUT2D eigenvalue weighted by Gasteiger charge is -2.23. The normalized spacial score (nSPS) is 14.2. The summed E-state index contributed by atoms with van der Waals surface area (Å²) >= 11 is 0. The molecule has 0 radical (unpaired) electrons. The maximum absolute atomic E-state index is 11.7. The van der Waals surface area contributed by atoms with Gasteiger partial charge in [-0.15, -0.1) is 0 Å². The van der Waals surface area contributed by atoms with Gasteiger partial charge in [0, 0.05) is 19.5 Å². The predicted molar refractivity (Wildman–Crippen MR) is 62.0 cm³/mol. The van der Waals surface area contributed by atoms with E-state index >= 15 is 0 Å². The molecular formula is C11H22N2O3. The maximum Gasteiger partial charge on any atom is 0.326 e. The number of rotatable bonds is 7. The maximum atomic E-state index is 11.7. The predicted octanol–water partition coefficient (Wildman–Crippen LogP) is 0.826. The van der Waals surface area contributed by atoms with Crippen molar-refractivity contribution in [2.45, 2.75) is 51.6 Å². The first-order valence-electron chi connectivity index (χ1n) is 5.64. The Labute approximate surface area is 96.6 Å². The van der Waals surface area contributed by atoms with Crippen LogP contribution in [0, 0.1) is 0 Å². The standard InChI is InChI=1S/C11H22N2O3/c1-4-9(11(15)16)13(3)10(14)7-5-6-8(2)12/h8-9H,4-7,12H2,1-3H3,(H,15,16). The monoisotopic (exact) mass is 230 g/mol. The van der Waals surface area contributed by atoms with Gasteiger partial charge in [0.05, 0.1) is 0 Å². The average molecular weight is 230 g/mol. The Morgan fingerprint density at radius 1 is 1.44 bits per heavy atom. The number of likely N-dealkylation sites (N-methyl/N-ethyl adjacent to an activating group) is 1. The number of amides is 1. The number of carbonyl (C=O) groups excluding carboxylic acids is 1. The molecule has 0 aliphatic rings. The zero-order valence-electron chi connectivity index (χ0n) is 10.3. The summed E-state index contributed by atoms with van der Waals surface area (Å²) in [6.45, 7) is 3.64. The van der Waals surface area contributed by atoms with Crippen molar-refractivity contribution in [2.75, 3.05) is 7.05 Å². The summed E-state index contributed by atoms with van der Waals surface area (Å²) < 4.78 is 0. The van der Waals surface area contributed by atoms with E-state index in [9.17, 15) is 9.59 Å². The van der Waals surface area contributed by atoms with Crippen LogP contribution in [0.1, 0.15) is 39.5 Å². The van der Waals surface area contributed by atoms with E-state index < -0.39 is 12.0 Å². The number of nitrogens with two attached hydrogens (primary N) is 1. The van der Waals surface area contributed by atoms with Crippen LogP contribution < -0.4 is 5.73 Å². The van der Waals surface area contributed by atoms with E-state index in [4.69, 9.17) is 10.8 Å². The molecule has 0 aliphatic carbocycles. The number of hydrogen-bond acceptors (Lipinski definition) is 3. The van der Waals surface area contributed by atoms with Crippen LogP contribution in [0.4, 0.5) is 0 Å². The quantitative estimate of drug-likeness (QED) is 0.678. The van der Waals surface area contributed by atoms with Gasteiger partial charge in [0.25, 0.3) is 0 Å². The molecule has 0 aromatic heterocycles. The number of carboxylic acid groups (broad SMARTS) is 1. The van der Waals surface area contributed by atoms with Crippen molar-refractivity contribution in [3.05, 3.63) is 0 Å². The van der Waals surface area contributed by atoms with Crippen LogP contribution in [0.2, 0.25) is 0 Å². The summed E-state index contributed by atoms with van der Waals surface area (Å²) in [5.74, 6) is -1.08. The third kappa shape index (κ3) is 5.11. The van der Waals surface area contributed by atoms with E-state index in [0.717, 1.165) is 6.42 Å². The molecule has 94 valence electrons. The minimum absolute atomic E-state index is 0.0829. The Morgan fingerprint density at radius 3 is 2.38 bits per heavy atom. The van der Waals surface area contributed by atoms with Gasteiger partial charge in [-0.3, -0.25) is 4.79 Å². The summed E-state index contributed by atoms with van der Waals surface area (Å²) in [6.07, 6.45) is 2.27. The Kier molecular flexibility index (Phi) is 6.72. The lowest BCUT2D eigenvalue weighted by molar-refractivity contribution is -0.149. The van der Waals surface area contributed by atoms with E-state index in [2.05, 4.69) is 0 Å². The summed E-state index contributed by atoms with van der Waals surface area (Å²) in [5, 5.41) is 8.89. The van der Waals surface area contributed by atoms with Crippen LogP contribution in [0.15, 0.2) is 0 Å². The Bertz CT molecular complexity index is 241. The molecule has 0 bridgehead atoms. The van der Waals surface area contributed by atoms with E-state index in [1.807, 2.05) is 6.92 Å². The highest BCUT2D eigenvalue weighted by molar-refractivity contribution is 5.83. The highest BCUT2D eigenvalue weighted by atomic mass is 16.4. The molecule has 1 amide bonds. The van der Waals surface area contributed by atoms with E-state index in [0.29, 0.717) is 19.3 Å². The molecule has 0 fully saturated rings. The molecule has 0 aromatic carbocycles. The fourth-order valence-corrected chi connectivity index (χ4v) is 1.54.